The molecule has 0 aliphatic heterocycles. The lowest BCUT2D eigenvalue weighted by Gasteiger charge is -2.23. The molecule has 2 aromatic rings. The maximum Gasteiger partial charge on any atom is 0.221 e. The summed E-state index contributed by atoms with van der Waals surface area (Å²) in [6, 6.07) is 2.26. The van der Waals surface area contributed by atoms with Gasteiger partial charge in [0.1, 0.15) is 6.10 Å². The summed E-state index contributed by atoms with van der Waals surface area (Å²) < 4.78 is 46.1. The number of nitrogens with zero attached hydrogens (tertiary/aromatic N) is 1. The van der Waals surface area contributed by atoms with Gasteiger partial charge in [-0.05, 0) is 37.8 Å². The molecule has 0 saturated heterocycles. The number of rotatable bonds is 2. The van der Waals surface area contributed by atoms with Gasteiger partial charge in [0.2, 0.25) is 5.88 Å². The zero-order valence-electron chi connectivity index (χ0n) is 10.8. The lowest BCUT2D eigenvalue weighted by atomic mass is 9.98. The summed E-state index contributed by atoms with van der Waals surface area (Å²) in [5, 5.41) is 0.166. The van der Waals surface area contributed by atoms with Crippen LogP contribution in [0.2, 0.25) is 0 Å². The molecule has 2 nitrogen and oxygen atoms in total. The molecule has 0 radical (unpaired) electrons. The van der Waals surface area contributed by atoms with Crippen LogP contribution in [0.15, 0.2) is 18.3 Å². The lowest BCUT2D eigenvalue weighted by molar-refractivity contribution is 0.151. The van der Waals surface area contributed by atoms with E-state index in [1.54, 1.807) is 0 Å². The van der Waals surface area contributed by atoms with E-state index in [0.717, 1.165) is 31.7 Å². The molecule has 0 unspecified atom stereocenters. The number of ether oxygens (including phenoxy) is 1. The zero-order chi connectivity index (χ0) is 14.1. The van der Waals surface area contributed by atoms with E-state index in [9.17, 15) is 13.2 Å². The minimum Gasteiger partial charge on any atom is -0.474 e. The average molecular weight is 281 g/mol. The van der Waals surface area contributed by atoms with Crippen LogP contribution in [-0.4, -0.2) is 11.1 Å². The van der Waals surface area contributed by atoms with Gasteiger partial charge in [-0.15, -0.1) is 0 Å². The van der Waals surface area contributed by atoms with Crippen LogP contribution in [0.25, 0.3) is 10.8 Å². The van der Waals surface area contributed by atoms with Crippen molar-refractivity contribution in [3.8, 4) is 5.88 Å². The van der Waals surface area contributed by atoms with Gasteiger partial charge in [0.15, 0.2) is 17.5 Å². The molecule has 1 aromatic carbocycles. The van der Waals surface area contributed by atoms with Gasteiger partial charge in [-0.3, -0.25) is 0 Å². The zero-order valence-corrected chi connectivity index (χ0v) is 10.8. The maximum atomic E-state index is 13.7. The Bertz CT molecular complexity index is 639. The molecule has 0 amide bonds. The average Bonchev–Trinajstić information content (AvgIpc) is 2.47. The van der Waals surface area contributed by atoms with E-state index >= 15 is 0 Å². The van der Waals surface area contributed by atoms with E-state index in [-0.39, 0.29) is 22.8 Å². The minimum absolute atomic E-state index is 0.00953. The van der Waals surface area contributed by atoms with E-state index in [2.05, 4.69) is 4.98 Å². The molecule has 1 aliphatic carbocycles. The highest BCUT2D eigenvalue weighted by Gasteiger charge is 2.20. The Hall–Kier alpha value is -1.78. The van der Waals surface area contributed by atoms with Crippen molar-refractivity contribution in [1.29, 1.82) is 0 Å². The molecule has 106 valence electrons. The largest absolute Gasteiger partial charge is 0.474 e. The number of halogens is 3. The highest BCUT2D eigenvalue weighted by molar-refractivity contribution is 5.87. The van der Waals surface area contributed by atoms with Crippen molar-refractivity contribution in [2.75, 3.05) is 0 Å². The van der Waals surface area contributed by atoms with Gasteiger partial charge < -0.3 is 4.74 Å². The molecule has 5 heteroatoms. The van der Waals surface area contributed by atoms with Crippen molar-refractivity contribution in [1.82, 2.24) is 4.98 Å². The van der Waals surface area contributed by atoms with Crippen molar-refractivity contribution < 1.29 is 17.9 Å². The Morgan fingerprint density at radius 2 is 1.75 bits per heavy atom. The molecule has 1 heterocycles. The molecule has 1 saturated carbocycles. The SMILES string of the molecule is Fc1cc2c(OC3CCCCC3)nccc2c(F)c1F. The molecule has 1 aromatic heterocycles. The van der Waals surface area contributed by atoms with E-state index < -0.39 is 17.5 Å². The topological polar surface area (TPSA) is 22.1 Å². The summed E-state index contributed by atoms with van der Waals surface area (Å²) in [7, 11) is 0. The van der Waals surface area contributed by atoms with Crippen LogP contribution in [0.5, 0.6) is 5.88 Å². The van der Waals surface area contributed by atoms with Crippen molar-refractivity contribution in [2.45, 2.75) is 38.2 Å². The van der Waals surface area contributed by atoms with Crippen LogP contribution in [-0.2, 0) is 0 Å². The monoisotopic (exact) mass is 281 g/mol. The number of benzene rings is 1. The predicted octanol–water partition coefficient (Wildman–Crippen LogP) is 4.36. The van der Waals surface area contributed by atoms with Crippen LogP contribution in [0.4, 0.5) is 13.2 Å². The van der Waals surface area contributed by atoms with E-state index in [0.29, 0.717) is 0 Å². The van der Waals surface area contributed by atoms with Gasteiger partial charge >= 0.3 is 0 Å². The number of fused-ring (bicyclic) bond motifs is 1. The van der Waals surface area contributed by atoms with Crippen molar-refractivity contribution in [3.05, 3.63) is 35.8 Å². The summed E-state index contributed by atoms with van der Waals surface area (Å²) in [6.45, 7) is 0. The molecule has 0 bridgehead atoms. The summed E-state index contributed by atoms with van der Waals surface area (Å²) >= 11 is 0. The fraction of sp³-hybridized carbons (Fsp3) is 0.400. The summed E-state index contributed by atoms with van der Waals surface area (Å²) in [5.41, 5.74) is 0. The van der Waals surface area contributed by atoms with E-state index in [4.69, 9.17) is 4.74 Å². The van der Waals surface area contributed by atoms with Crippen molar-refractivity contribution in [3.63, 3.8) is 0 Å². The van der Waals surface area contributed by atoms with Gasteiger partial charge in [0.05, 0.1) is 5.39 Å². The smallest absolute Gasteiger partial charge is 0.221 e. The fourth-order valence-electron chi connectivity index (χ4n) is 2.63. The molecule has 1 aliphatic rings. The third-order valence-corrected chi connectivity index (χ3v) is 3.69. The molecule has 20 heavy (non-hydrogen) atoms. The summed E-state index contributed by atoms with van der Waals surface area (Å²) in [4.78, 5) is 4.03. The molecular formula is C15H14F3NO. The predicted molar refractivity (Wildman–Crippen MR) is 69.1 cm³/mol. The van der Waals surface area contributed by atoms with Crippen LogP contribution < -0.4 is 4.74 Å². The minimum atomic E-state index is -1.47. The highest BCUT2D eigenvalue weighted by Crippen LogP contribution is 2.31. The van der Waals surface area contributed by atoms with Crippen LogP contribution >= 0.6 is 0 Å². The normalized spacial score (nSPS) is 16.6. The van der Waals surface area contributed by atoms with Gasteiger partial charge in [-0.25, -0.2) is 18.2 Å². The van der Waals surface area contributed by atoms with Crippen LogP contribution in [0, 0.1) is 17.5 Å². The van der Waals surface area contributed by atoms with Crippen LogP contribution in [0.3, 0.4) is 0 Å². The summed E-state index contributed by atoms with van der Waals surface area (Å²) in [5.74, 6) is -3.72. The first-order valence-electron chi connectivity index (χ1n) is 6.75. The Kier molecular flexibility index (Phi) is 3.51. The second-order valence-electron chi connectivity index (χ2n) is 5.08. The second kappa shape index (κ2) is 5.31. The number of hydrogen-bond acceptors (Lipinski definition) is 2. The van der Waals surface area contributed by atoms with Gasteiger partial charge in [-0.1, -0.05) is 6.42 Å². The quantitative estimate of drug-likeness (QED) is 0.763. The molecular weight excluding hydrogens is 267 g/mol. The Morgan fingerprint density at radius 1 is 1.00 bits per heavy atom. The third kappa shape index (κ3) is 2.32. The van der Waals surface area contributed by atoms with Gasteiger partial charge in [-0.2, -0.15) is 0 Å². The number of aromatic nitrogens is 1. The van der Waals surface area contributed by atoms with Crippen molar-refractivity contribution in [2.24, 2.45) is 0 Å². The molecule has 0 N–H and O–H groups in total. The third-order valence-electron chi connectivity index (χ3n) is 3.69. The van der Waals surface area contributed by atoms with Crippen LogP contribution in [0.1, 0.15) is 32.1 Å². The standard InChI is InChI=1S/C15H14F3NO/c16-12-8-11-10(13(17)14(12)18)6-7-19-15(11)20-9-4-2-1-3-5-9/h6-9H,1-5H2. The first-order valence-corrected chi connectivity index (χ1v) is 6.75. The molecule has 3 rings (SSSR count). The Balaban J connectivity index is 2.02. The van der Waals surface area contributed by atoms with E-state index in [1.807, 2.05) is 0 Å². The highest BCUT2D eigenvalue weighted by atomic mass is 19.2. The summed E-state index contributed by atoms with van der Waals surface area (Å²) in [6.07, 6.45) is 6.50. The van der Waals surface area contributed by atoms with Crippen molar-refractivity contribution >= 4 is 10.8 Å². The lowest BCUT2D eigenvalue weighted by Crippen LogP contribution is -2.20. The van der Waals surface area contributed by atoms with Gasteiger partial charge in [0, 0.05) is 11.6 Å². The van der Waals surface area contributed by atoms with E-state index in [1.165, 1.54) is 18.7 Å². The first kappa shape index (κ1) is 13.2. The Labute approximate surface area is 114 Å². The Morgan fingerprint density at radius 3 is 2.50 bits per heavy atom. The first-order chi connectivity index (χ1) is 9.66. The number of hydrogen-bond donors (Lipinski definition) is 0. The molecule has 1 fully saturated rings. The van der Waals surface area contributed by atoms with Gasteiger partial charge in [0.25, 0.3) is 0 Å². The fourth-order valence-corrected chi connectivity index (χ4v) is 2.63. The maximum absolute atomic E-state index is 13.7. The molecule has 0 spiro atoms. The second-order valence-corrected chi connectivity index (χ2v) is 5.08. The molecule has 0 atom stereocenters. The number of pyridine rings is 1.